The smallest absolute Gasteiger partial charge is 0.119 e. The molecular weight excluding hydrogens is 224 g/mol. The number of hydrogen-bond donors (Lipinski definition) is 2. The molecule has 0 spiro atoms. The van der Waals surface area contributed by atoms with E-state index in [0.29, 0.717) is 6.04 Å². The first-order valence-corrected chi connectivity index (χ1v) is 6.92. The van der Waals surface area contributed by atoms with Gasteiger partial charge in [-0.15, -0.1) is 0 Å². The van der Waals surface area contributed by atoms with Gasteiger partial charge in [-0.05, 0) is 49.8 Å². The molecule has 0 heterocycles. The van der Waals surface area contributed by atoms with Crippen LogP contribution in [0.15, 0.2) is 24.3 Å². The molecule has 0 aliphatic heterocycles. The molecule has 0 unspecified atom stereocenters. The topological polar surface area (TPSA) is 61.3 Å². The minimum atomic E-state index is -0.195. The first-order valence-electron chi connectivity index (χ1n) is 6.92. The van der Waals surface area contributed by atoms with Crippen molar-refractivity contribution in [3.8, 4) is 5.75 Å². The molecule has 1 aromatic carbocycles. The molecule has 18 heavy (non-hydrogen) atoms. The summed E-state index contributed by atoms with van der Waals surface area (Å²) in [6.07, 6.45) is 5.02. The summed E-state index contributed by atoms with van der Waals surface area (Å²) in [6.45, 7) is 2.87. The third-order valence-corrected chi connectivity index (χ3v) is 3.82. The predicted octanol–water partition coefficient (Wildman–Crippen LogP) is 2.53. The van der Waals surface area contributed by atoms with Crippen molar-refractivity contribution >= 4 is 0 Å². The standard InChI is InChI=1S/C15H24N2O/c1-2-11-18-14-5-3-12(4-6-14)15(17)9-7-13(16)8-10-15/h3-6,13H,2,7-11,16-17H2,1H3. The van der Waals surface area contributed by atoms with Gasteiger partial charge >= 0.3 is 0 Å². The van der Waals surface area contributed by atoms with Crippen LogP contribution in [0.25, 0.3) is 0 Å². The highest BCUT2D eigenvalue weighted by Crippen LogP contribution is 2.34. The molecular formula is C15H24N2O. The van der Waals surface area contributed by atoms with Crippen LogP contribution < -0.4 is 16.2 Å². The van der Waals surface area contributed by atoms with Crippen LogP contribution in [0.3, 0.4) is 0 Å². The fraction of sp³-hybridized carbons (Fsp3) is 0.600. The summed E-state index contributed by atoms with van der Waals surface area (Å²) in [4.78, 5) is 0. The predicted molar refractivity (Wildman–Crippen MR) is 74.5 cm³/mol. The molecule has 0 aromatic heterocycles. The van der Waals surface area contributed by atoms with Gasteiger partial charge in [0.2, 0.25) is 0 Å². The average molecular weight is 248 g/mol. The van der Waals surface area contributed by atoms with Gasteiger partial charge in [0.25, 0.3) is 0 Å². The fourth-order valence-electron chi connectivity index (χ4n) is 2.55. The van der Waals surface area contributed by atoms with E-state index in [1.54, 1.807) is 0 Å². The molecule has 3 nitrogen and oxygen atoms in total. The van der Waals surface area contributed by atoms with E-state index in [0.717, 1.165) is 44.5 Å². The number of ether oxygens (including phenoxy) is 1. The Kier molecular flexibility index (Phi) is 4.25. The van der Waals surface area contributed by atoms with Gasteiger partial charge < -0.3 is 16.2 Å². The van der Waals surface area contributed by atoms with E-state index < -0.39 is 0 Å². The minimum absolute atomic E-state index is 0.195. The second kappa shape index (κ2) is 5.72. The molecule has 1 aliphatic carbocycles. The van der Waals surface area contributed by atoms with Crippen molar-refractivity contribution in [2.24, 2.45) is 11.5 Å². The lowest BCUT2D eigenvalue weighted by atomic mass is 9.76. The van der Waals surface area contributed by atoms with Gasteiger partial charge in [0, 0.05) is 11.6 Å². The molecule has 0 bridgehead atoms. The number of nitrogens with two attached hydrogens (primary N) is 2. The van der Waals surface area contributed by atoms with Gasteiger partial charge in [0.1, 0.15) is 5.75 Å². The summed E-state index contributed by atoms with van der Waals surface area (Å²) in [7, 11) is 0. The van der Waals surface area contributed by atoms with Gasteiger partial charge in [-0.1, -0.05) is 19.1 Å². The van der Waals surface area contributed by atoms with E-state index in [1.807, 2.05) is 12.1 Å². The van der Waals surface area contributed by atoms with E-state index in [-0.39, 0.29) is 5.54 Å². The van der Waals surface area contributed by atoms with Crippen LogP contribution in [-0.4, -0.2) is 12.6 Å². The van der Waals surface area contributed by atoms with Crippen molar-refractivity contribution in [2.75, 3.05) is 6.61 Å². The van der Waals surface area contributed by atoms with Crippen LogP contribution in [0.4, 0.5) is 0 Å². The summed E-state index contributed by atoms with van der Waals surface area (Å²) >= 11 is 0. The average Bonchev–Trinajstić information content (AvgIpc) is 2.40. The normalized spacial score (nSPS) is 28.1. The zero-order chi connectivity index (χ0) is 13.0. The van der Waals surface area contributed by atoms with Crippen LogP contribution in [0.2, 0.25) is 0 Å². The summed E-state index contributed by atoms with van der Waals surface area (Å²) in [5.41, 5.74) is 13.4. The molecule has 1 saturated carbocycles. The van der Waals surface area contributed by atoms with Crippen LogP contribution >= 0.6 is 0 Å². The van der Waals surface area contributed by atoms with Crippen molar-refractivity contribution in [3.05, 3.63) is 29.8 Å². The van der Waals surface area contributed by atoms with Gasteiger partial charge in [-0.2, -0.15) is 0 Å². The zero-order valence-corrected chi connectivity index (χ0v) is 11.2. The van der Waals surface area contributed by atoms with Crippen LogP contribution in [0, 0.1) is 0 Å². The Morgan fingerprint density at radius 3 is 2.39 bits per heavy atom. The van der Waals surface area contributed by atoms with Gasteiger partial charge in [0.05, 0.1) is 6.61 Å². The first-order chi connectivity index (χ1) is 8.64. The minimum Gasteiger partial charge on any atom is -0.494 e. The summed E-state index contributed by atoms with van der Waals surface area (Å²) < 4.78 is 5.59. The molecule has 0 saturated heterocycles. The molecule has 0 atom stereocenters. The highest BCUT2D eigenvalue weighted by atomic mass is 16.5. The molecule has 100 valence electrons. The van der Waals surface area contributed by atoms with E-state index in [9.17, 15) is 0 Å². The number of hydrogen-bond acceptors (Lipinski definition) is 3. The first kappa shape index (κ1) is 13.4. The third kappa shape index (κ3) is 3.03. The lowest BCUT2D eigenvalue weighted by molar-refractivity contribution is 0.277. The van der Waals surface area contributed by atoms with Gasteiger partial charge in [-0.3, -0.25) is 0 Å². The monoisotopic (exact) mass is 248 g/mol. The van der Waals surface area contributed by atoms with E-state index >= 15 is 0 Å². The second-order valence-electron chi connectivity index (χ2n) is 5.37. The summed E-state index contributed by atoms with van der Waals surface area (Å²) in [5.74, 6) is 0.928. The van der Waals surface area contributed by atoms with Crippen LogP contribution in [0.5, 0.6) is 5.75 Å². The van der Waals surface area contributed by atoms with Crippen molar-refractivity contribution in [1.82, 2.24) is 0 Å². The number of benzene rings is 1. The summed E-state index contributed by atoms with van der Waals surface area (Å²) in [6, 6.07) is 8.57. The Hall–Kier alpha value is -1.06. The molecule has 0 amide bonds. The lowest BCUT2D eigenvalue weighted by Gasteiger charge is -2.36. The molecule has 1 aromatic rings. The molecule has 4 N–H and O–H groups in total. The van der Waals surface area contributed by atoms with Crippen molar-refractivity contribution in [3.63, 3.8) is 0 Å². The molecule has 2 rings (SSSR count). The quantitative estimate of drug-likeness (QED) is 0.860. The van der Waals surface area contributed by atoms with Crippen LogP contribution in [-0.2, 0) is 5.54 Å². The number of rotatable bonds is 4. The largest absolute Gasteiger partial charge is 0.494 e. The lowest BCUT2D eigenvalue weighted by Crippen LogP contribution is -2.43. The maximum atomic E-state index is 6.50. The van der Waals surface area contributed by atoms with Crippen molar-refractivity contribution in [1.29, 1.82) is 0 Å². The van der Waals surface area contributed by atoms with E-state index in [1.165, 1.54) is 5.56 Å². The maximum Gasteiger partial charge on any atom is 0.119 e. The zero-order valence-electron chi connectivity index (χ0n) is 11.2. The highest BCUT2D eigenvalue weighted by molar-refractivity contribution is 5.32. The second-order valence-corrected chi connectivity index (χ2v) is 5.37. The fourth-order valence-corrected chi connectivity index (χ4v) is 2.55. The SMILES string of the molecule is CCCOc1ccc(C2(N)CCC(N)CC2)cc1. The molecule has 1 fully saturated rings. The van der Waals surface area contributed by atoms with Crippen molar-refractivity contribution < 1.29 is 4.74 Å². The van der Waals surface area contributed by atoms with Crippen molar-refractivity contribution in [2.45, 2.75) is 50.6 Å². The Morgan fingerprint density at radius 2 is 1.83 bits per heavy atom. The van der Waals surface area contributed by atoms with Gasteiger partial charge in [0.15, 0.2) is 0 Å². The van der Waals surface area contributed by atoms with Crippen LogP contribution in [0.1, 0.15) is 44.6 Å². The molecule has 3 heteroatoms. The maximum absolute atomic E-state index is 6.50. The van der Waals surface area contributed by atoms with E-state index in [2.05, 4.69) is 19.1 Å². The summed E-state index contributed by atoms with van der Waals surface area (Å²) in [5, 5.41) is 0. The van der Waals surface area contributed by atoms with E-state index in [4.69, 9.17) is 16.2 Å². The Bertz CT molecular complexity index is 367. The Balaban J connectivity index is 2.04. The molecule has 0 radical (unpaired) electrons. The third-order valence-electron chi connectivity index (χ3n) is 3.82. The molecule has 1 aliphatic rings. The highest BCUT2D eigenvalue weighted by Gasteiger charge is 2.31. The Labute approximate surface area is 110 Å². The Morgan fingerprint density at radius 1 is 1.22 bits per heavy atom. The van der Waals surface area contributed by atoms with Gasteiger partial charge in [-0.25, -0.2) is 0 Å².